The average molecular weight is 288 g/mol. The first kappa shape index (κ1) is 15.5. The zero-order chi connectivity index (χ0) is 15.4. The van der Waals surface area contributed by atoms with Gasteiger partial charge in [-0.3, -0.25) is 9.59 Å². The van der Waals surface area contributed by atoms with Crippen LogP contribution < -0.4 is 10.6 Å². The van der Waals surface area contributed by atoms with Gasteiger partial charge in [-0.2, -0.15) is 0 Å². The van der Waals surface area contributed by atoms with Gasteiger partial charge in [-0.15, -0.1) is 0 Å². The topological polar surface area (TPSA) is 58.2 Å². The molecule has 2 N–H and O–H groups in total. The Kier molecular flexibility index (Phi) is 4.99. The van der Waals surface area contributed by atoms with Crippen molar-refractivity contribution < 1.29 is 9.59 Å². The van der Waals surface area contributed by atoms with E-state index < -0.39 is 0 Å². The van der Waals surface area contributed by atoms with Crippen LogP contribution in [0.25, 0.3) is 0 Å². The fraction of sp³-hybridized carbons (Fsp3) is 0.529. The highest BCUT2D eigenvalue weighted by Gasteiger charge is 2.28. The highest BCUT2D eigenvalue weighted by atomic mass is 16.2. The summed E-state index contributed by atoms with van der Waals surface area (Å²) in [6.45, 7) is 5.94. The monoisotopic (exact) mass is 288 g/mol. The van der Waals surface area contributed by atoms with E-state index in [-0.39, 0.29) is 17.9 Å². The van der Waals surface area contributed by atoms with E-state index >= 15 is 0 Å². The third-order valence-corrected chi connectivity index (χ3v) is 4.49. The Bertz CT molecular complexity index is 510. The molecule has 4 heteroatoms. The Hall–Kier alpha value is -1.84. The van der Waals surface area contributed by atoms with Crippen molar-refractivity contribution >= 4 is 17.5 Å². The molecule has 1 fully saturated rings. The minimum Gasteiger partial charge on any atom is -0.349 e. The maximum absolute atomic E-state index is 12.3. The predicted molar refractivity (Wildman–Crippen MR) is 84.2 cm³/mol. The predicted octanol–water partition coefficient (Wildman–Crippen LogP) is 3.20. The lowest BCUT2D eigenvalue weighted by Gasteiger charge is -2.34. The lowest BCUT2D eigenvalue weighted by molar-refractivity contribution is -0.114. The lowest BCUT2D eigenvalue weighted by Crippen LogP contribution is -2.43. The molecule has 1 aliphatic carbocycles. The number of anilines is 1. The molecule has 0 heterocycles. The largest absolute Gasteiger partial charge is 0.349 e. The van der Waals surface area contributed by atoms with Gasteiger partial charge in [0.2, 0.25) is 5.91 Å². The molecule has 0 aromatic heterocycles. The van der Waals surface area contributed by atoms with E-state index in [2.05, 4.69) is 24.5 Å². The smallest absolute Gasteiger partial charge is 0.251 e. The fourth-order valence-corrected chi connectivity index (χ4v) is 2.95. The highest BCUT2D eigenvalue weighted by molar-refractivity contribution is 5.95. The summed E-state index contributed by atoms with van der Waals surface area (Å²) in [6.07, 6.45) is 3.48. The van der Waals surface area contributed by atoms with Crippen molar-refractivity contribution in [2.45, 2.75) is 46.1 Å². The molecule has 0 bridgehead atoms. The van der Waals surface area contributed by atoms with E-state index in [1.165, 1.54) is 19.8 Å². The number of hydrogen-bond donors (Lipinski definition) is 2. The highest BCUT2D eigenvalue weighted by Crippen LogP contribution is 2.29. The van der Waals surface area contributed by atoms with E-state index in [0.29, 0.717) is 23.1 Å². The molecule has 3 unspecified atom stereocenters. The van der Waals surface area contributed by atoms with Crippen molar-refractivity contribution in [1.29, 1.82) is 0 Å². The van der Waals surface area contributed by atoms with Crippen LogP contribution in [0.3, 0.4) is 0 Å². The van der Waals surface area contributed by atoms with Crippen molar-refractivity contribution in [3.8, 4) is 0 Å². The number of amides is 2. The molecule has 0 saturated heterocycles. The maximum Gasteiger partial charge on any atom is 0.251 e. The number of nitrogens with one attached hydrogen (secondary N) is 2. The third-order valence-electron chi connectivity index (χ3n) is 4.49. The molecule has 1 aliphatic rings. The average Bonchev–Trinajstić information content (AvgIpc) is 2.44. The summed E-state index contributed by atoms with van der Waals surface area (Å²) in [5.74, 6) is 1.03. The van der Waals surface area contributed by atoms with Crippen LogP contribution in [-0.4, -0.2) is 17.9 Å². The summed E-state index contributed by atoms with van der Waals surface area (Å²) in [5.41, 5.74) is 1.34. The summed E-state index contributed by atoms with van der Waals surface area (Å²) in [5, 5.41) is 5.84. The molecule has 3 atom stereocenters. The van der Waals surface area contributed by atoms with Gasteiger partial charge in [-0.1, -0.05) is 26.7 Å². The number of benzene rings is 1. The molecule has 1 aromatic rings. The molecule has 21 heavy (non-hydrogen) atoms. The Morgan fingerprint density at radius 1 is 1.10 bits per heavy atom. The second-order valence-corrected chi connectivity index (χ2v) is 6.11. The molecular weight excluding hydrogens is 264 g/mol. The minimum absolute atomic E-state index is 0.0321. The molecular formula is C17H24N2O2. The standard InChI is InChI=1S/C17H24N2O2/c1-11-5-4-6-16(12(11)2)19-17(21)14-7-9-15(10-8-14)18-13(3)20/h7-12,16H,4-6H2,1-3H3,(H,18,20)(H,19,21). The number of carbonyl (C=O) groups excluding carboxylic acids is 2. The van der Waals surface area contributed by atoms with E-state index in [1.807, 2.05) is 0 Å². The quantitative estimate of drug-likeness (QED) is 0.897. The Morgan fingerprint density at radius 2 is 1.76 bits per heavy atom. The van der Waals surface area contributed by atoms with Crippen LogP contribution in [0.5, 0.6) is 0 Å². The van der Waals surface area contributed by atoms with Gasteiger partial charge in [0, 0.05) is 24.2 Å². The van der Waals surface area contributed by atoms with Crippen molar-refractivity contribution in [2.75, 3.05) is 5.32 Å². The summed E-state index contributed by atoms with van der Waals surface area (Å²) < 4.78 is 0. The van der Waals surface area contributed by atoms with Crippen molar-refractivity contribution in [1.82, 2.24) is 5.32 Å². The first-order valence-electron chi connectivity index (χ1n) is 7.66. The van der Waals surface area contributed by atoms with Crippen molar-refractivity contribution in [3.05, 3.63) is 29.8 Å². The molecule has 1 aromatic carbocycles. The second kappa shape index (κ2) is 6.74. The number of carbonyl (C=O) groups is 2. The van der Waals surface area contributed by atoms with E-state index in [9.17, 15) is 9.59 Å². The maximum atomic E-state index is 12.3. The molecule has 2 rings (SSSR count). The zero-order valence-electron chi connectivity index (χ0n) is 13.0. The molecule has 114 valence electrons. The zero-order valence-corrected chi connectivity index (χ0v) is 13.0. The van der Waals surface area contributed by atoms with Crippen LogP contribution >= 0.6 is 0 Å². The Morgan fingerprint density at radius 3 is 2.38 bits per heavy atom. The van der Waals surface area contributed by atoms with Gasteiger partial charge in [0.15, 0.2) is 0 Å². The Labute approximate surface area is 126 Å². The van der Waals surface area contributed by atoms with E-state index in [0.717, 1.165) is 6.42 Å². The van der Waals surface area contributed by atoms with Crippen LogP contribution in [0, 0.1) is 11.8 Å². The van der Waals surface area contributed by atoms with Gasteiger partial charge in [0.1, 0.15) is 0 Å². The van der Waals surface area contributed by atoms with Gasteiger partial charge >= 0.3 is 0 Å². The van der Waals surface area contributed by atoms with Crippen LogP contribution in [0.1, 0.15) is 50.4 Å². The fourth-order valence-electron chi connectivity index (χ4n) is 2.95. The number of rotatable bonds is 3. The summed E-state index contributed by atoms with van der Waals surface area (Å²) >= 11 is 0. The van der Waals surface area contributed by atoms with E-state index in [4.69, 9.17) is 0 Å². The molecule has 0 aliphatic heterocycles. The molecule has 2 amide bonds. The van der Waals surface area contributed by atoms with Crippen molar-refractivity contribution in [2.24, 2.45) is 11.8 Å². The van der Waals surface area contributed by atoms with Crippen LogP contribution in [0.2, 0.25) is 0 Å². The van der Waals surface area contributed by atoms with Crippen LogP contribution in [-0.2, 0) is 4.79 Å². The van der Waals surface area contributed by atoms with E-state index in [1.54, 1.807) is 24.3 Å². The van der Waals surface area contributed by atoms with Gasteiger partial charge in [0.25, 0.3) is 5.91 Å². The third kappa shape index (κ3) is 4.06. The first-order valence-corrected chi connectivity index (χ1v) is 7.66. The van der Waals surface area contributed by atoms with Gasteiger partial charge < -0.3 is 10.6 Å². The SMILES string of the molecule is CC(=O)Nc1ccc(C(=O)NC2CCCC(C)C2C)cc1. The summed E-state index contributed by atoms with van der Waals surface area (Å²) in [7, 11) is 0. The van der Waals surface area contributed by atoms with Gasteiger partial charge in [-0.05, 0) is 42.5 Å². The number of hydrogen-bond acceptors (Lipinski definition) is 2. The minimum atomic E-state index is -0.114. The van der Waals surface area contributed by atoms with Gasteiger partial charge in [-0.25, -0.2) is 0 Å². The van der Waals surface area contributed by atoms with Crippen LogP contribution in [0.15, 0.2) is 24.3 Å². The Balaban J connectivity index is 1.98. The van der Waals surface area contributed by atoms with Crippen LogP contribution in [0.4, 0.5) is 5.69 Å². The molecule has 1 saturated carbocycles. The van der Waals surface area contributed by atoms with Gasteiger partial charge in [0.05, 0.1) is 0 Å². The summed E-state index contributed by atoms with van der Waals surface area (Å²) in [6, 6.07) is 7.26. The lowest BCUT2D eigenvalue weighted by atomic mass is 9.78. The normalized spacial score (nSPS) is 25.2. The molecule has 0 radical (unpaired) electrons. The molecule has 4 nitrogen and oxygen atoms in total. The second-order valence-electron chi connectivity index (χ2n) is 6.11. The first-order chi connectivity index (χ1) is 9.97. The molecule has 0 spiro atoms. The van der Waals surface area contributed by atoms with Crippen molar-refractivity contribution in [3.63, 3.8) is 0 Å². The summed E-state index contributed by atoms with van der Waals surface area (Å²) in [4.78, 5) is 23.3.